The average molecular weight is 276 g/mol. The third kappa shape index (κ3) is 2.77. The van der Waals surface area contributed by atoms with Crippen LogP contribution in [0.4, 0.5) is 14.5 Å². The molecule has 5 heteroatoms. The van der Waals surface area contributed by atoms with Gasteiger partial charge in [-0.15, -0.1) is 0 Å². The smallest absolute Gasteiger partial charge is 0.249 e. The molecule has 0 saturated heterocycles. The number of primary amides is 1. The first kappa shape index (κ1) is 14.0. The van der Waals surface area contributed by atoms with E-state index in [9.17, 15) is 13.6 Å². The van der Waals surface area contributed by atoms with Crippen molar-refractivity contribution < 1.29 is 13.6 Å². The van der Waals surface area contributed by atoms with Gasteiger partial charge in [-0.25, -0.2) is 8.78 Å². The van der Waals surface area contributed by atoms with Crippen LogP contribution < -0.4 is 11.1 Å². The topological polar surface area (TPSA) is 55.1 Å². The first-order valence-electron chi connectivity index (χ1n) is 6.07. The molecule has 20 heavy (non-hydrogen) atoms. The highest BCUT2D eigenvalue weighted by molar-refractivity contribution is 5.95. The zero-order chi connectivity index (χ0) is 14.7. The first-order chi connectivity index (χ1) is 9.50. The summed E-state index contributed by atoms with van der Waals surface area (Å²) in [5, 5.41) is 2.92. The number of amides is 1. The molecule has 0 aliphatic heterocycles. The van der Waals surface area contributed by atoms with Crippen LogP contribution in [0.5, 0.6) is 0 Å². The van der Waals surface area contributed by atoms with Crippen molar-refractivity contribution in [2.45, 2.75) is 13.5 Å². The predicted octanol–water partition coefficient (Wildman–Crippen LogP) is 2.98. The number of carbonyl (C=O) groups is 1. The second-order valence-corrected chi connectivity index (χ2v) is 4.40. The number of rotatable bonds is 4. The fourth-order valence-electron chi connectivity index (χ4n) is 1.98. The summed E-state index contributed by atoms with van der Waals surface area (Å²) in [5.74, 6) is -1.76. The molecule has 0 heterocycles. The lowest BCUT2D eigenvalue weighted by molar-refractivity contribution is 0.1000. The lowest BCUT2D eigenvalue weighted by Gasteiger charge is -2.12. The Kier molecular flexibility index (Phi) is 3.98. The van der Waals surface area contributed by atoms with Gasteiger partial charge in [0, 0.05) is 23.4 Å². The number of benzene rings is 2. The molecule has 0 bridgehead atoms. The van der Waals surface area contributed by atoms with Crippen molar-refractivity contribution in [3.63, 3.8) is 0 Å². The molecule has 104 valence electrons. The minimum atomic E-state index is -0.610. The van der Waals surface area contributed by atoms with Gasteiger partial charge in [-0.2, -0.15) is 0 Å². The van der Waals surface area contributed by atoms with Crippen LogP contribution in [0.15, 0.2) is 36.4 Å². The highest BCUT2D eigenvalue weighted by atomic mass is 19.1. The van der Waals surface area contributed by atoms with E-state index in [1.54, 1.807) is 25.1 Å². The largest absolute Gasteiger partial charge is 0.381 e. The van der Waals surface area contributed by atoms with Gasteiger partial charge in [0.15, 0.2) is 0 Å². The van der Waals surface area contributed by atoms with E-state index in [0.29, 0.717) is 16.8 Å². The molecule has 0 saturated carbocycles. The number of nitrogens with two attached hydrogens (primary N) is 1. The van der Waals surface area contributed by atoms with Gasteiger partial charge in [-0.05, 0) is 36.8 Å². The third-order valence-corrected chi connectivity index (χ3v) is 3.12. The molecule has 0 atom stereocenters. The van der Waals surface area contributed by atoms with E-state index in [4.69, 9.17) is 5.73 Å². The summed E-state index contributed by atoms with van der Waals surface area (Å²) < 4.78 is 27.0. The summed E-state index contributed by atoms with van der Waals surface area (Å²) >= 11 is 0. The summed E-state index contributed by atoms with van der Waals surface area (Å²) in [4.78, 5) is 11.2. The van der Waals surface area contributed by atoms with Gasteiger partial charge >= 0.3 is 0 Å². The molecule has 2 aromatic carbocycles. The standard InChI is InChI=1S/C15H14F2N2O/c1-9-10(15(18)20)4-2-7-14(9)19-8-11-12(16)5-3-6-13(11)17/h2-7,19H,8H2,1H3,(H2,18,20). The monoisotopic (exact) mass is 276 g/mol. The summed E-state index contributed by atoms with van der Waals surface area (Å²) in [6.45, 7) is 1.71. The fraction of sp³-hybridized carbons (Fsp3) is 0.133. The van der Waals surface area contributed by atoms with Gasteiger partial charge < -0.3 is 11.1 Å². The molecule has 0 aliphatic carbocycles. The molecule has 0 fully saturated rings. The summed E-state index contributed by atoms with van der Waals surface area (Å²) in [7, 11) is 0. The maximum atomic E-state index is 13.5. The summed E-state index contributed by atoms with van der Waals surface area (Å²) in [5.41, 5.74) is 6.85. The molecule has 2 rings (SSSR count). The molecule has 0 unspecified atom stereocenters. The highest BCUT2D eigenvalue weighted by Crippen LogP contribution is 2.20. The normalized spacial score (nSPS) is 10.3. The van der Waals surface area contributed by atoms with Crippen molar-refractivity contribution in [1.82, 2.24) is 0 Å². The number of carbonyl (C=O) groups excluding carboxylic acids is 1. The quantitative estimate of drug-likeness (QED) is 0.902. The Labute approximate surface area is 115 Å². The van der Waals surface area contributed by atoms with E-state index in [0.717, 1.165) is 0 Å². The molecule has 3 nitrogen and oxygen atoms in total. The van der Waals surface area contributed by atoms with Gasteiger partial charge in [-0.1, -0.05) is 12.1 Å². The zero-order valence-corrected chi connectivity index (χ0v) is 10.9. The molecule has 0 aliphatic rings. The van der Waals surface area contributed by atoms with Crippen LogP contribution in [0.2, 0.25) is 0 Å². The second-order valence-electron chi connectivity index (χ2n) is 4.40. The van der Waals surface area contributed by atoms with E-state index < -0.39 is 17.5 Å². The van der Waals surface area contributed by atoms with Crippen molar-refractivity contribution in [1.29, 1.82) is 0 Å². The van der Waals surface area contributed by atoms with Gasteiger partial charge in [0.1, 0.15) is 11.6 Å². The summed E-state index contributed by atoms with van der Waals surface area (Å²) in [6.07, 6.45) is 0. The van der Waals surface area contributed by atoms with E-state index in [-0.39, 0.29) is 12.1 Å². The Balaban J connectivity index is 2.24. The number of hydrogen-bond acceptors (Lipinski definition) is 2. The van der Waals surface area contributed by atoms with Gasteiger partial charge in [0.05, 0.1) is 0 Å². The maximum absolute atomic E-state index is 13.5. The van der Waals surface area contributed by atoms with Crippen LogP contribution in [-0.2, 0) is 6.54 Å². The van der Waals surface area contributed by atoms with Crippen molar-refractivity contribution in [2.75, 3.05) is 5.32 Å². The molecule has 2 aromatic rings. The van der Waals surface area contributed by atoms with Crippen LogP contribution in [0.1, 0.15) is 21.5 Å². The van der Waals surface area contributed by atoms with Crippen LogP contribution >= 0.6 is 0 Å². The minimum Gasteiger partial charge on any atom is -0.381 e. The zero-order valence-electron chi connectivity index (χ0n) is 10.9. The van der Waals surface area contributed by atoms with E-state index in [1.165, 1.54) is 18.2 Å². The van der Waals surface area contributed by atoms with E-state index >= 15 is 0 Å². The molecule has 3 N–H and O–H groups in total. The molecule has 1 amide bonds. The first-order valence-corrected chi connectivity index (χ1v) is 6.07. The Morgan fingerprint density at radius 3 is 2.35 bits per heavy atom. The van der Waals surface area contributed by atoms with Crippen LogP contribution in [0.3, 0.4) is 0 Å². The number of nitrogens with one attached hydrogen (secondary N) is 1. The van der Waals surface area contributed by atoms with E-state index in [1.807, 2.05) is 0 Å². The number of halogens is 2. The Morgan fingerprint density at radius 2 is 1.75 bits per heavy atom. The fourth-order valence-corrected chi connectivity index (χ4v) is 1.98. The maximum Gasteiger partial charge on any atom is 0.249 e. The second kappa shape index (κ2) is 5.69. The molecule has 0 spiro atoms. The molecule has 0 radical (unpaired) electrons. The average Bonchev–Trinajstić information content (AvgIpc) is 2.39. The van der Waals surface area contributed by atoms with E-state index in [2.05, 4.69) is 5.32 Å². The SMILES string of the molecule is Cc1c(NCc2c(F)cccc2F)cccc1C(N)=O. The summed E-state index contributed by atoms with van der Waals surface area (Å²) in [6, 6.07) is 8.70. The lowest BCUT2D eigenvalue weighted by atomic mass is 10.1. The minimum absolute atomic E-state index is 0.0123. The van der Waals surface area contributed by atoms with Crippen LogP contribution in [0.25, 0.3) is 0 Å². The molecule has 0 aromatic heterocycles. The predicted molar refractivity (Wildman–Crippen MR) is 73.4 cm³/mol. The van der Waals surface area contributed by atoms with Crippen LogP contribution in [0, 0.1) is 18.6 Å². The molecular formula is C15H14F2N2O. The van der Waals surface area contributed by atoms with Crippen molar-refractivity contribution in [3.05, 3.63) is 64.7 Å². The van der Waals surface area contributed by atoms with Crippen LogP contribution in [-0.4, -0.2) is 5.91 Å². The third-order valence-electron chi connectivity index (χ3n) is 3.12. The van der Waals surface area contributed by atoms with Gasteiger partial charge in [0.2, 0.25) is 5.91 Å². The lowest BCUT2D eigenvalue weighted by Crippen LogP contribution is -2.14. The Bertz CT molecular complexity index is 636. The van der Waals surface area contributed by atoms with Gasteiger partial charge in [0.25, 0.3) is 0 Å². The van der Waals surface area contributed by atoms with Crippen molar-refractivity contribution >= 4 is 11.6 Å². The van der Waals surface area contributed by atoms with Crippen molar-refractivity contribution in [2.24, 2.45) is 5.73 Å². The van der Waals surface area contributed by atoms with Gasteiger partial charge in [-0.3, -0.25) is 4.79 Å². The Morgan fingerprint density at radius 1 is 1.15 bits per heavy atom. The highest BCUT2D eigenvalue weighted by Gasteiger charge is 2.11. The van der Waals surface area contributed by atoms with Crippen molar-refractivity contribution in [3.8, 4) is 0 Å². The Hall–Kier alpha value is -2.43. The number of anilines is 1. The molecular weight excluding hydrogens is 262 g/mol. The number of hydrogen-bond donors (Lipinski definition) is 2.